The fourth-order valence-corrected chi connectivity index (χ4v) is 2.63. The number of amides is 1. The third kappa shape index (κ3) is 4.39. The molecule has 0 spiro atoms. The van der Waals surface area contributed by atoms with Crippen molar-refractivity contribution in [2.24, 2.45) is 0 Å². The molecule has 0 fully saturated rings. The number of pyridine rings is 1. The van der Waals surface area contributed by atoms with E-state index in [1.54, 1.807) is 49.4 Å². The molecule has 0 saturated carbocycles. The number of hydrogen-bond donors (Lipinski definition) is 1. The number of hydrogen-bond acceptors (Lipinski definition) is 4. The second-order valence-electron chi connectivity index (χ2n) is 4.57. The number of ether oxygens (including phenoxy) is 1. The van der Waals surface area contributed by atoms with Crippen LogP contribution in [-0.2, 0) is 4.79 Å². The topological polar surface area (TPSA) is 65.3 Å². The van der Waals surface area contributed by atoms with E-state index in [4.69, 9.17) is 4.74 Å². The van der Waals surface area contributed by atoms with Crippen molar-refractivity contribution in [3.05, 3.63) is 53.9 Å². The minimum absolute atomic E-state index is 0.155. The third-order valence-electron chi connectivity index (χ3n) is 2.89. The van der Waals surface area contributed by atoms with Gasteiger partial charge < -0.3 is 15.3 Å². The largest absolute Gasteiger partial charge is 0.618 e. The van der Waals surface area contributed by atoms with Gasteiger partial charge in [0.15, 0.2) is 6.20 Å². The monoisotopic (exact) mass is 318 g/mol. The average Bonchev–Trinajstić information content (AvgIpc) is 2.51. The normalized spacial score (nSPS) is 11.7. The van der Waals surface area contributed by atoms with E-state index in [2.05, 4.69) is 5.32 Å². The number of carbonyl (C=O) groups excluding carboxylic acids is 1. The Labute approximate surface area is 133 Å². The first kappa shape index (κ1) is 16.2. The van der Waals surface area contributed by atoms with E-state index < -0.39 is 0 Å². The standard InChI is InChI=1S/C16H18N2O3S/c1-3-21-14-9-7-13(8-10-14)17-16(19)12(2)22-15-6-4-5-11-18(15)20/h4-12H,3H2,1-2H3,(H,17,19). The second-order valence-corrected chi connectivity index (χ2v) is 5.93. The van der Waals surface area contributed by atoms with Crippen LogP contribution in [0.15, 0.2) is 53.7 Å². The summed E-state index contributed by atoms with van der Waals surface area (Å²) >= 11 is 1.22. The summed E-state index contributed by atoms with van der Waals surface area (Å²) in [6.45, 7) is 4.29. The van der Waals surface area contributed by atoms with Crippen LogP contribution < -0.4 is 14.8 Å². The lowest BCUT2D eigenvalue weighted by Crippen LogP contribution is -2.30. The van der Waals surface area contributed by atoms with Crippen LogP contribution >= 0.6 is 11.8 Å². The molecule has 116 valence electrons. The van der Waals surface area contributed by atoms with Gasteiger partial charge in [0.25, 0.3) is 5.03 Å². The summed E-state index contributed by atoms with van der Waals surface area (Å²) in [5.74, 6) is 0.609. The van der Waals surface area contributed by atoms with Crippen molar-refractivity contribution < 1.29 is 14.3 Å². The number of nitrogens with zero attached hydrogens (tertiary/aromatic N) is 1. The van der Waals surface area contributed by atoms with Gasteiger partial charge in [0.1, 0.15) is 5.75 Å². The molecule has 1 aromatic heterocycles. The molecule has 0 aliphatic rings. The number of aromatic nitrogens is 1. The number of carbonyl (C=O) groups is 1. The molecule has 0 saturated heterocycles. The van der Waals surface area contributed by atoms with E-state index in [-0.39, 0.29) is 11.2 Å². The first-order valence-electron chi connectivity index (χ1n) is 6.98. The molecule has 2 aromatic rings. The van der Waals surface area contributed by atoms with Gasteiger partial charge in [-0.25, -0.2) is 0 Å². The molecule has 0 radical (unpaired) electrons. The van der Waals surface area contributed by atoms with Gasteiger partial charge in [-0.3, -0.25) is 4.79 Å². The molecule has 5 nitrogen and oxygen atoms in total. The molecular formula is C16H18N2O3S. The highest BCUT2D eigenvalue weighted by Gasteiger charge is 2.18. The van der Waals surface area contributed by atoms with Gasteiger partial charge >= 0.3 is 0 Å². The fourth-order valence-electron chi connectivity index (χ4n) is 1.78. The highest BCUT2D eigenvalue weighted by atomic mass is 32.2. The summed E-state index contributed by atoms with van der Waals surface area (Å²) in [7, 11) is 0. The second kappa shape index (κ2) is 7.70. The number of thioether (sulfide) groups is 1. The Kier molecular flexibility index (Phi) is 5.66. The summed E-state index contributed by atoms with van der Waals surface area (Å²) in [6, 6.07) is 12.3. The Morgan fingerprint density at radius 1 is 1.32 bits per heavy atom. The maximum Gasteiger partial charge on any atom is 0.252 e. The Hall–Kier alpha value is -2.21. The first-order valence-corrected chi connectivity index (χ1v) is 7.86. The zero-order chi connectivity index (χ0) is 15.9. The number of anilines is 1. The zero-order valence-electron chi connectivity index (χ0n) is 12.5. The summed E-state index contributed by atoms with van der Waals surface area (Å²) in [5.41, 5.74) is 0.698. The van der Waals surface area contributed by atoms with Crippen LogP contribution in [0, 0.1) is 5.21 Å². The van der Waals surface area contributed by atoms with Crippen molar-refractivity contribution in [1.29, 1.82) is 0 Å². The maximum atomic E-state index is 12.2. The summed E-state index contributed by atoms with van der Waals surface area (Å²) in [4.78, 5) is 12.2. The Morgan fingerprint density at radius 2 is 2.05 bits per heavy atom. The van der Waals surface area contributed by atoms with Crippen molar-refractivity contribution in [2.45, 2.75) is 24.1 Å². The van der Waals surface area contributed by atoms with Gasteiger partial charge in [0, 0.05) is 17.8 Å². The molecule has 1 unspecified atom stereocenters. The number of nitrogens with one attached hydrogen (secondary N) is 1. The predicted octanol–water partition coefficient (Wildman–Crippen LogP) is 2.84. The molecule has 0 bridgehead atoms. The van der Waals surface area contributed by atoms with Crippen LogP contribution in [0.4, 0.5) is 5.69 Å². The van der Waals surface area contributed by atoms with Crippen LogP contribution in [0.1, 0.15) is 13.8 Å². The molecule has 2 rings (SSSR count). The van der Waals surface area contributed by atoms with Gasteiger partial charge in [-0.1, -0.05) is 0 Å². The maximum absolute atomic E-state index is 12.2. The number of benzene rings is 1. The van der Waals surface area contributed by atoms with E-state index in [0.29, 0.717) is 17.3 Å². The lowest BCUT2D eigenvalue weighted by Gasteiger charge is -2.12. The molecule has 0 aliphatic heterocycles. The average molecular weight is 318 g/mol. The third-order valence-corrected chi connectivity index (χ3v) is 4.01. The van der Waals surface area contributed by atoms with Gasteiger partial charge in [-0.05, 0) is 55.9 Å². The van der Waals surface area contributed by atoms with Crippen molar-refractivity contribution in [2.75, 3.05) is 11.9 Å². The molecule has 6 heteroatoms. The van der Waals surface area contributed by atoms with Crippen molar-refractivity contribution in [3.63, 3.8) is 0 Å². The molecule has 1 N–H and O–H groups in total. The lowest BCUT2D eigenvalue weighted by atomic mass is 10.3. The Morgan fingerprint density at radius 3 is 2.68 bits per heavy atom. The molecule has 0 aliphatic carbocycles. The summed E-state index contributed by atoms with van der Waals surface area (Å²) in [6.07, 6.45) is 1.42. The van der Waals surface area contributed by atoms with Gasteiger partial charge in [0.2, 0.25) is 5.91 Å². The Balaban J connectivity index is 1.95. The van der Waals surface area contributed by atoms with Crippen LogP contribution in [-0.4, -0.2) is 17.8 Å². The van der Waals surface area contributed by atoms with E-state index in [1.165, 1.54) is 18.0 Å². The van der Waals surface area contributed by atoms with E-state index >= 15 is 0 Å². The van der Waals surface area contributed by atoms with Gasteiger partial charge in [0.05, 0.1) is 11.9 Å². The van der Waals surface area contributed by atoms with Crippen molar-refractivity contribution in [1.82, 2.24) is 0 Å². The van der Waals surface area contributed by atoms with E-state index in [9.17, 15) is 10.0 Å². The molecular weight excluding hydrogens is 300 g/mol. The zero-order valence-corrected chi connectivity index (χ0v) is 13.3. The molecule has 22 heavy (non-hydrogen) atoms. The van der Waals surface area contributed by atoms with Crippen molar-refractivity contribution >= 4 is 23.4 Å². The van der Waals surface area contributed by atoms with Crippen LogP contribution in [0.3, 0.4) is 0 Å². The molecule has 1 aromatic carbocycles. The van der Waals surface area contributed by atoms with Crippen LogP contribution in [0.5, 0.6) is 5.75 Å². The molecule has 1 atom stereocenters. The van der Waals surface area contributed by atoms with Crippen molar-refractivity contribution in [3.8, 4) is 5.75 Å². The van der Waals surface area contributed by atoms with E-state index in [1.807, 2.05) is 6.92 Å². The summed E-state index contributed by atoms with van der Waals surface area (Å²) < 4.78 is 6.11. The SMILES string of the molecule is CCOc1ccc(NC(=O)C(C)Sc2cccc[n+]2[O-])cc1. The van der Waals surface area contributed by atoms with Gasteiger partial charge in [-0.2, -0.15) is 4.73 Å². The smallest absolute Gasteiger partial charge is 0.252 e. The Bertz CT molecular complexity index is 632. The van der Waals surface area contributed by atoms with E-state index in [0.717, 1.165) is 10.5 Å². The van der Waals surface area contributed by atoms with Crippen LogP contribution in [0.25, 0.3) is 0 Å². The lowest BCUT2D eigenvalue weighted by molar-refractivity contribution is -0.645. The minimum atomic E-state index is -0.380. The fraction of sp³-hybridized carbons (Fsp3) is 0.250. The predicted molar refractivity (Wildman–Crippen MR) is 87.0 cm³/mol. The quantitative estimate of drug-likeness (QED) is 0.505. The summed E-state index contributed by atoms with van der Waals surface area (Å²) in [5, 5.41) is 14.5. The highest BCUT2D eigenvalue weighted by Crippen LogP contribution is 2.21. The highest BCUT2D eigenvalue weighted by molar-refractivity contribution is 8.00. The minimum Gasteiger partial charge on any atom is -0.618 e. The number of rotatable bonds is 6. The molecule has 1 amide bonds. The van der Waals surface area contributed by atoms with Gasteiger partial charge in [-0.15, -0.1) is 0 Å². The van der Waals surface area contributed by atoms with Crippen LogP contribution in [0.2, 0.25) is 0 Å². The molecule has 1 heterocycles. The first-order chi connectivity index (χ1) is 10.6.